The van der Waals surface area contributed by atoms with Crippen molar-refractivity contribution >= 4 is 5.78 Å². The van der Waals surface area contributed by atoms with Crippen LogP contribution in [0.4, 0.5) is 0 Å². The molecule has 12 heavy (non-hydrogen) atoms. The Bertz CT molecular complexity index is 258. The van der Waals surface area contributed by atoms with E-state index in [2.05, 4.69) is 9.97 Å². The second-order valence-electron chi connectivity index (χ2n) is 2.67. The highest BCUT2D eigenvalue weighted by molar-refractivity contribution is 5.84. The highest BCUT2D eigenvalue weighted by Crippen LogP contribution is 2.12. The molecule has 1 aromatic rings. The van der Waals surface area contributed by atoms with Crippen LogP contribution in [0, 0.1) is 0 Å². The molecule has 1 unspecified atom stereocenters. The number of hydrogen-bond donors (Lipinski definition) is 0. The third-order valence-corrected chi connectivity index (χ3v) is 1.86. The van der Waals surface area contributed by atoms with E-state index < -0.39 is 0 Å². The van der Waals surface area contributed by atoms with Crippen LogP contribution in [0.1, 0.15) is 31.9 Å². The number of ketones is 1. The zero-order valence-electron chi connectivity index (χ0n) is 7.32. The third kappa shape index (κ3) is 1.87. The fourth-order valence-corrected chi connectivity index (χ4v) is 1.01. The summed E-state index contributed by atoms with van der Waals surface area (Å²) in [7, 11) is 0. The van der Waals surface area contributed by atoms with Crippen molar-refractivity contribution in [2.45, 2.75) is 26.2 Å². The van der Waals surface area contributed by atoms with Crippen molar-refractivity contribution < 1.29 is 4.79 Å². The van der Waals surface area contributed by atoms with Gasteiger partial charge in [0.15, 0.2) is 0 Å². The summed E-state index contributed by atoms with van der Waals surface area (Å²) >= 11 is 0. The first-order valence-electron chi connectivity index (χ1n) is 4.04. The van der Waals surface area contributed by atoms with Gasteiger partial charge in [0.05, 0.1) is 11.6 Å². The molecule has 0 fully saturated rings. The maximum Gasteiger partial charge on any atom is 0.141 e. The number of carbonyl (C=O) groups is 1. The number of rotatable bonds is 3. The normalized spacial score (nSPS) is 12.5. The quantitative estimate of drug-likeness (QED) is 0.680. The molecule has 3 nitrogen and oxygen atoms in total. The molecule has 0 saturated heterocycles. The Morgan fingerprint density at radius 3 is 2.83 bits per heavy atom. The van der Waals surface area contributed by atoms with Crippen molar-refractivity contribution in [3.63, 3.8) is 0 Å². The smallest absolute Gasteiger partial charge is 0.141 e. The topological polar surface area (TPSA) is 42.9 Å². The molecule has 1 atom stereocenters. The summed E-state index contributed by atoms with van der Waals surface area (Å²) in [5, 5.41) is 0. The van der Waals surface area contributed by atoms with Crippen LogP contribution in [0.2, 0.25) is 0 Å². The fourth-order valence-electron chi connectivity index (χ4n) is 1.01. The van der Waals surface area contributed by atoms with Gasteiger partial charge in [0.1, 0.15) is 5.78 Å². The summed E-state index contributed by atoms with van der Waals surface area (Å²) in [4.78, 5) is 19.2. The van der Waals surface area contributed by atoms with Crippen LogP contribution in [-0.2, 0) is 4.79 Å². The van der Waals surface area contributed by atoms with Crippen LogP contribution in [0.15, 0.2) is 18.6 Å². The van der Waals surface area contributed by atoms with Crippen molar-refractivity contribution in [3.05, 3.63) is 24.3 Å². The van der Waals surface area contributed by atoms with E-state index in [1.165, 1.54) is 0 Å². The van der Waals surface area contributed by atoms with Crippen LogP contribution in [0.25, 0.3) is 0 Å². The standard InChI is InChI=1S/C9H12N2O/c1-3-9(12)7(2)8-6-10-4-5-11-8/h4-7H,3H2,1-2H3. The van der Waals surface area contributed by atoms with Crippen LogP contribution in [0.3, 0.4) is 0 Å². The lowest BCUT2D eigenvalue weighted by molar-refractivity contribution is -0.119. The van der Waals surface area contributed by atoms with Gasteiger partial charge in [-0.2, -0.15) is 0 Å². The van der Waals surface area contributed by atoms with Gasteiger partial charge in [-0.15, -0.1) is 0 Å². The summed E-state index contributed by atoms with van der Waals surface area (Å²) < 4.78 is 0. The Balaban J connectivity index is 2.78. The minimum atomic E-state index is -0.122. The first kappa shape index (κ1) is 8.84. The van der Waals surface area contributed by atoms with E-state index in [4.69, 9.17) is 0 Å². The van der Waals surface area contributed by atoms with Crippen molar-refractivity contribution in [3.8, 4) is 0 Å². The van der Waals surface area contributed by atoms with Gasteiger partial charge in [0, 0.05) is 25.0 Å². The molecule has 64 valence electrons. The summed E-state index contributed by atoms with van der Waals surface area (Å²) in [5.41, 5.74) is 0.754. The Kier molecular flexibility index (Phi) is 2.91. The van der Waals surface area contributed by atoms with Gasteiger partial charge in [-0.3, -0.25) is 14.8 Å². The zero-order valence-corrected chi connectivity index (χ0v) is 7.32. The first-order valence-corrected chi connectivity index (χ1v) is 4.04. The molecule has 0 aromatic carbocycles. The Labute approximate surface area is 71.9 Å². The molecule has 0 bridgehead atoms. The van der Waals surface area contributed by atoms with Crippen molar-refractivity contribution in [1.29, 1.82) is 0 Å². The van der Waals surface area contributed by atoms with Gasteiger partial charge >= 0.3 is 0 Å². The van der Waals surface area contributed by atoms with Crippen molar-refractivity contribution in [2.75, 3.05) is 0 Å². The molecule has 0 N–H and O–H groups in total. The number of carbonyl (C=O) groups excluding carboxylic acids is 1. The molecule has 1 heterocycles. The summed E-state index contributed by atoms with van der Waals surface area (Å²) in [6.07, 6.45) is 5.40. The Hall–Kier alpha value is -1.25. The molecule has 0 spiro atoms. The molecular formula is C9H12N2O. The summed E-state index contributed by atoms with van der Waals surface area (Å²) in [5.74, 6) is 0.0826. The average Bonchev–Trinajstić information content (AvgIpc) is 2.17. The second-order valence-corrected chi connectivity index (χ2v) is 2.67. The molecule has 0 aliphatic heterocycles. The molecule has 1 aromatic heterocycles. The number of aromatic nitrogens is 2. The van der Waals surface area contributed by atoms with Gasteiger partial charge < -0.3 is 0 Å². The number of nitrogens with zero attached hydrogens (tertiary/aromatic N) is 2. The highest BCUT2D eigenvalue weighted by Gasteiger charge is 2.13. The van der Waals surface area contributed by atoms with Gasteiger partial charge in [0.2, 0.25) is 0 Å². The molecule has 0 amide bonds. The molecule has 0 aliphatic rings. The van der Waals surface area contributed by atoms with E-state index in [9.17, 15) is 4.79 Å². The molecular weight excluding hydrogens is 152 g/mol. The molecule has 0 saturated carbocycles. The Morgan fingerprint density at radius 2 is 2.33 bits per heavy atom. The Morgan fingerprint density at radius 1 is 1.58 bits per heavy atom. The lowest BCUT2D eigenvalue weighted by Gasteiger charge is -2.06. The third-order valence-electron chi connectivity index (χ3n) is 1.86. The molecule has 0 aliphatic carbocycles. The van der Waals surface area contributed by atoms with Gasteiger partial charge in [-0.25, -0.2) is 0 Å². The van der Waals surface area contributed by atoms with Gasteiger partial charge in [-0.05, 0) is 6.92 Å². The highest BCUT2D eigenvalue weighted by atomic mass is 16.1. The zero-order chi connectivity index (χ0) is 8.97. The average molecular weight is 164 g/mol. The van der Waals surface area contributed by atoms with Gasteiger partial charge in [0.25, 0.3) is 0 Å². The maximum absolute atomic E-state index is 11.2. The van der Waals surface area contributed by atoms with Crippen molar-refractivity contribution in [2.24, 2.45) is 0 Å². The van der Waals surface area contributed by atoms with Crippen LogP contribution in [0.5, 0.6) is 0 Å². The summed E-state index contributed by atoms with van der Waals surface area (Å²) in [6, 6.07) is 0. The number of hydrogen-bond acceptors (Lipinski definition) is 3. The van der Waals surface area contributed by atoms with E-state index in [1.807, 2.05) is 13.8 Å². The second kappa shape index (κ2) is 3.95. The largest absolute Gasteiger partial charge is 0.299 e. The molecule has 0 radical (unpaired) electrons. The molecule has 1 rings (SSSR count). The predicted octanol–water partition coefficient (Wildman–Crippen LogP) is 1.56. The van der Waals surface area contributed by atoms with Crippen LogP contribution < -0.4 is 0 Å². The minimum absolute atomic E-state index is 0.122. The van der Waals surface area contributed by atoms with E-state index >= 15 is 0 Å². The van der Waals surface area contributed by atoms with Crippen LogP contribution in [-0.4, -0.2) is 15.8 Å². The van der Waals surface area contributed by atoms with Crippen LogP contribution >= 0.6 is 0 Å². The maximum atomic E-state index is 11.2. The van der Waals surface area contributed by atoms with E-state index in [1.54, 1.807) is 18.6 Å². The van der Waals surface area contributed by atoms with E-state index in [0.717, 1.165) is 5.69 Å². The fraction of sp³-hybridized carbons (Fsp3) is 0.444. The lowest BCUT2D eigenvalue weighted by atomic mass is 10.0. The first-order chi connectivity index (χ1) is 5.75. The SMILES string of the molecule is CCC(=O)C(C)c1cnccn1. The van der Waals surface area contributed by atoms with Crippen molar-refractivity contribution in [1.82, 2.24) is 9.97 Å². The van der Waals surface area contributed by atoms with E-state index in [-0.39, 0.29) is 11.7 Å². The number of Topliss-reactive ketones (excluding diaryl/α,β-unsaturated/α-hetero) is 1. The monoisotopic (exact) mass is 164 g/mol. The summed E-state index contributed by atoms with van der Waals surface area (Å²) in [6.45, 7) is 3.71. The lowest BCUT2D eigenvalue weighted by Crippen LogP contribution is -2.09. The van der Waals surface area contributed by atoms with Gasteiger partial charge in [-0.1, -0.05) is 6.92 Å². The predicted molar refractivity (Wildman–Crippen MR) is 45.7 cm³/mol. The minimum Gasteiger partial charge on any atom is -0.299 e. The molecule has 3 heteroatoms. The van der Waals surface area contributed by atoms with E-state index in [0.29, 0.717) is 6.42 Å².